The molecule has 6 nitrogen and oxygen atoms in total. The Morgan fingerprint density at radius 3 is 2.68 bits per heavy atom. The summed E-state index contributed by atoms with van der Waals surface area (Å²) >= 11 is 0. The van der Waals surface area contributed by atoms with Crippen LogP contribution in [-0.2, 0) is 18.3 Å². The van der Waals surface area contributed by atoms with Crippen molar-refractivity contribution in [3.8, 4) is 0 Å². The minimum Gasteiger partial charge on any atom is -0.343 e. The highest BCUT2D eigenvalue weighted by atomic mass is 16.2. The number of nitrogens with zero attached hydrogens (tertiary/aromatic N) is 5. The van der Waals surface area contributed by atoms with Gasteiger partial charge in [-0.2, -0.15) is 0 Å². The van der Waals surface area contributed by atoms with E-state index in [4.69, 9.17) is 0 Å². The van der Waals surface area contributed by atoms with Gasteiger partial charge < -0.3 is 4.90 Å². The third-order valence-corrected chi connectivity index (χ3v) is 4.69. The minimum absolute atomic E-state index is 0.309. The fraction of sp³-hybridized carbons (Fsp3) is 0.875. The molecule has 1 saturated carbocycles. The summed E-state index contributed by atoms with van der Waals surface area (Å²) in [5.74, 6) is 1.92. The van der Waals surface area contributed by atoms with Crippen molar-refractivity contribution in [1.29, 1.82) is 0 Å². The molecule has 1 aromatic rings. The molecular formula is C16H29N5O. The monoisotopic (exact) mass is 307 g/mol. The molecule has 2 rings (SSSR count). The summed E-state index contributed by atoms with van der Waals surface area (Å²) < 4.78 is 1.70. The molecule has 0 saturated heterocycles. The fourth-order valence-corrected chi connectivity index (χ4v) is 3.27. The molecule has 6 heteroatoms. The summed E-state index contributed by atoms with van der Waals surface area (Å²) in [6.45, 7) is 3.89. The first-order valence-electron chi connectivity index (χ1n) is 8.69. The number of tetrazole rings is 1. The highest BCUT2D eigenvalue weighted by Crippen LogP contribution is 2.24. The number of carbonyl (C=O) groups excluding carboxylic acids is 1. The lowest BCUT2D eigenvalue weighted by Crippen LogP contribution is -2.35. The van der Waals surface area contributed by atoms with E-state index in [9.17, 15) is 4.79 Å². The molecule has 0 N–H and O–H groups in total. The molecule has 0 bridgehead atoms. The maximum Gasteiger partial charge on any atom is 0.222 e. The Labute approximate surface area is 133 Å². The second-order valence-corrected chi connectivity index (χ2v) is 6.36. The van der Waals surface area contributed by atoms with Crippen molar-refractivity contribution in [3.63, 3.8) is 0 Å². The zero-order valence-corrected chi connectivity index (χ0v) is 14.0. The zero-order valence-electron chi connectivity index (χ0n) is 14.0. The van der Waals surface area contributed by atoms with E-state index in [0.29, 0.717) is 12.3 Å². The highest BCUT2D eigenvalue weighted by molar-refractivity contribution is 5.76. The van der Waals surface area contributed by atoms with Crippen molar-refractivity contribution in [3.05, 3.63) is 5.82 Å². The van der Waals surface area contributed by atoms with Crippen molar-refractivity contribution in [1.82, 2.24) is 25.1 Å². The van der Waals surface area contributed by atoms with Crippen molar-refractivity contribution in [2.24, 2.45) is 13.0 Å². The van der Waals surface area contributed by atoms with Crippen LogP contribution in [0.1, 0.15) is 64.1 Å². The normalized spacial score (nSPS) is 15.9. The van der Waals surface area contributed by atoms with Crippen LogP contribution in [0.3, 0.4) is 0 Å². The topological polar surface area (TPSA) is 63.9 Å². The molecule has 0 radical (unpaired) electrons. The number of amides is 1. The van der Waals surface area contributed by atoms with E-state index in [1.54, 1.807) is 4.68 Å². The lowest BCUT2D eigenvalue weighted by atomic mass is 9.89. The Bertz CT molecular complexity index is 453. The second kappa shape index (κ2) is 8.86. The molecule has 0 aliphatic heterocycles. The van der Waals surface area contributed by atoms with Crippen LogP contribution in [0.2, 0.25) is 0 Å². The zero-order chi connectivity index (χ0) is 15.8. The van der Waals surface area contributed by atoms with Crippen molar-refractivity contribution in [2.75, 3.05) is 13.1 Å². The van der Waals surface area contributed by atoms with E-state index < -0.39 is 0 Å². The first-order valence-corrected chi connectivity index (χ1v) is 8.69. The van der Waals surface area contributed by atoms with Gasteiger partial charge in [0.25, 0.3) is 0 Å². The van der Waals surface area contributed by atoms with E-state index in [-0.39, 0.29) is 0 Å². The molecule has 1 fully saturated rings. The molecule has 1 aliphatic rings. The van der Waals surface area contributed by atoms with Gasteiger partial charge in [0, 0.05) is 33.0 Å². The van der Waals surface area contributed by atoms with Gasteiger partial charge >= 0.3 is 0 Å². The van der Waals surface area contributed by atoms with E-state index in [1.807, 2.05) is 7.05 Å². The van der Waals surface area contributed by atoms with Gasteiger partial charge in [0.05, 0.1) is 0 Å². The maximum atomic E-state index is 12.4. The third-order valence-electron chi connectivity index (χ3n) is 4.69. The smallest absolute Gasteiger partial charge is 0.222 e. The molecule has 1 amide bonds. The second-order valence-electron chi connectivity index (χ2n) is 6.36. The predicted molar refractivity (Wildman–Crippen MR) is 85.2 cm³/mol. The third kappa shape index (κ3) is 5.07. The number of hydrogen-bond acceptors (Lipinski definition) is 4. The van der Waals surface area contributed by atoms with Gasteiger partial charge in [-0.15, -0.1) is 5.10 Å². The average Bonchev–Trinajstić information content (AvgIpc) is 2.95. The molecule has 124 valence electrons. The molecule has 0 atom stereocenters. The summed E-state index contributed by atoms with van der Waals surface area (Å²) in [5, 5.41) is 11.4. The number of rotatable bonds is 8. The molecule has 1 aliphatic carbocycles. The molecule has 1 heterocycles. The van der Waals surface area contributed by atoms with Crippen molar-refractivity contribution in [2.45, 2.75) is 64.7 Å². The number of hydrogen-bond donors (Lipinski definition) is 0. The first kappa shape index (κ1) is 16.9. The summed E-state index contributed by atoms with van der Waals surface area (Å²) in [4.78, 5) is 14.4. The summed E-state index contributed by atoms with van der Waals surface area (Å²) in [7, 11) is 1.85. The number of aryl methyl sites for hydroxylation is 2. The molecule has 1 aromatic heterocycles. The number of unbranched alkanes of at least 4 members (excludes halogenated alkanes) is 1. The lowest BCUT2D eigenvalue weighted by molar-refractivity contribution is -0.131. The van der Waals surface area contributed by atoms with Crippen LogP contribution < -0.4 is 0 Å². The number of aromatic nitrogens is 4. The largest absolute Gasteiger partial charge is 0.343 e. The Kier molecular flexibility index (Phi) is 6.80. The lowest BCUT2D eigenvalue weighted by Gasteiger charge is -2.29. The predicted octanol–water partition coefficient (Wildman–Crippen LogP) is 2.35. The molecular weight excluding hydrogens is 278 g/mol. The Hall–Kier alpha value is -1.46. The van der Waals surface area contributed by atoms with Crippen LogP contribution in [0.15, 0.2) is 0 Å². The van der Waals surface area contributed by atoms with Gasteiger partial charge in [-0.25, -0.2) is 4.68 Å². The SMILES string of the molecule is CCN(CC1CCCCC1)C(=O)CCCCc1nnnn1C. The van der Waals surface area contributed by atoms with Gasteiger partial charge in [-0.05, 0) is 49.0 Å². The molecule has 0 spiro atoms. The standard InChI is InChI=1S/C16H29N5O/c1-3-21(13-14-9-5-4-6-10-14)16(22)12-8-7-11-15-17-18-19-20(15)2/h14H,3-13H2,1-2H3. The molecule has 0 unspecified atom stereocenters. The van der Waals surface area contributed by atoms with Crippen LogP contribution in [0.25, 0.3) is 0 Å². The van der Waals surface area contributed by atoms with E-state index in [0.717, 1.165) is 44.1 Å². The molecule has 22 heavy (non-hydrogen) atoms. The summed E-state index contributed by atoms with van der Waals surface area (Å²) in [5.41, 5.74) is 0. The Morgan fingerprint density at radius 2 is 2.05 bits per heavy atom. The molecule has 0 aromatic carbocycles. The first-order chi connectivity index (χ1) is 10.7. The fourth-order valence-electron chi connectivity index (χ4n) is 3.27. The van der Waals surface area contributed by atoms with E-state index >= 15 is 0 Å². The number of carbonyl (C=O) groups is 1. The van der Waals surface area contributed by atoms with Crippen LogP contribution in [0, 0.1) is 5.92 Å². The summed E-state index contributed by atoms with van der Waals surface area (Å²) in [6, 6.07) is 0. The highest BCUT2D eigenvalue weighted by Gasteiger charge is 2.19. The summed E-state index contributed by atoms with van der Waals surface area (Å²) in [6.07, 6.45) is 9.98. The van der Waals surface area contributed by atoms with Gasteiger partial charge in [0.15, 0.2) is 5.82 Å². The van der Waals surface area contributed by atoms with E-state index in [2.05, 4.69) is 27.3 Å². The van der Waals surface area contributed by atoms with Crippen LogP contribution >= 0.6 is 0 Å². The Balaban J connectivity index is 1.66. The van der Waals surface area contributed by atoms with Crippen LogP contribution in [-0.4, -0.2) is 44.1 Å². The maximum absolute atomic E-state index is 12.4. The van der Waals surface area contributed by atoms with Gasteiger partial charge in [-0.1, -0.05) is 19.3 Å². The van der Waals surface area contributed by atoms with Gasteiger partial charge in [0.1, 0.15) is 0 Å². The van der Waals surface area contributed by atoms with Crippen molar-refractivity contribution < 1.29 is 4.79 Å². The van der Waals surface area contributed by atoms with Gasteiger partial charge in [0.2, 0.25) is 5.91 Å². The van der Waals surface area contributed by atoms with E-state index in [1.165, 1.54) is 32.1 Å². The van der Waals surface area contributed by atoms with Crippen LogP contribution in [0.4, 0.5) is 0 Å². The van der Waals surface area contributed by atoms with Crippen molar-refractivity contribution >= 4 is 5.91 Å². The van der Waals surface area contributed by atoms with Gasteiger partial charge in [-0.3, -0.25) is 4.79 Å². The minimum atomic E-state index is 0.309. The average molecular weight is 307 g/mol. The Morgan fingerprint density at radius 1 is 1.27 bits per heavy atom. The quantitative estimate of drug-likeness (QED) is 0.692. The van der Waals surface area contributed by atoms with Crippen LogP contribution in [0.5, 0.6) is 0 Å².